The van der Waals surface area contributed by atoms with E-state index in [2.05, 4.69) is 0 Å². The van der Waals surface area contributed by atoms with Crippen LogP contribution in [-0.2, 0) is 0 Å². The van der Waals surface area contributed by atoms with Gasteiger partial charge in [-0.05, 0) is 36.2 Å². The van der Waals surface area contributed by atoms with Crippen LogP contribution in [0.1, 0.15) is 27.6 Å². The van der Waals surface area contributed by atoms with Crippen LogP contribution in [0.5, 0.6) is 11.5 Å². The van der Waals surface area contributed by atoms with Crippen LogP contribution in [0.15, 0.2) is 42.5 Å². The molecule has 0 aromatic heterocycles. The van der Waals surface area contributed by atoms with Crippen LogP contribution in [-0.4, -0.2) is 25.1 Å². The van der Waals surface area contributed by atoms with Gasteiger partial charge in [0.1, 0.15) is 24.2 Å². The third-order valence-corrected chi connectivity index (χ3v) is 3.23. The number of methoxy groups -OCH3 is 1. The summed E-state index contributed by atoms with van der Waals surface area (Å²) in [5, 5.41) is 10.2. The first-order valence-corrected chi connectivity index (χ1v) is 6.65. The van der Waals surface area contributed by atoms with E-state index in [0.717, 1.165) is 11.8 Å². The maximum Gasteiger partial charge on any atom is 0.153 e. The summed E-state index contributed by atoms with van der Waals surface area (Å²) in [6.07, 6.45) is -0.0421. The predicted molar refractivity (Wildman–Crippen MR) is 80.0 cm³/mol. The molecule has 0 amide bonds. The summed E-state index contributed by atoms with van der Waals surface area (Å²) in [5.41, 5.74) is 2.04. The topological polar surface area (TPSA) is 55.8 Å². The Morgan fingerprint density at radius 1 is 1.24 bits per heavy atom. The molecule has 110 valence electrons. The van der Waals surface area contributed by atoms with Crippen molar-refractivity contribution in [2.45, 2.75) is 13.0 Å². The van der Waals surface area contributed by atoms with Crippen molar-refractivity contribution in [2.24, 2.45) is 0 Å². The van der Waals surface area contributed by atoms with Crippen LogP contribution in [0.2, 0.25) is 0 Å². The highest BCUT2D eigenvalue weighted by atomic mass is 16.5. The van der Waals surface area contributed by atoms with E-state index < -0.39 is 6.10 Å². The smallest absolute Gasteiger partial charge is 0.153 e. The van der Waals surface area contributed by atoms with Crippen molar-refractivity contribution >= 4 is 6.29 Å². The van der Waals surface area contributed by atoms with Crippen molar-refractivity contribution < 1.29 is 19.4 Å². The standard InChI is InChI=1S/C17H18O4/c1-12-5-3-7-14(10-18)17(12)21-11-16(19)13-6-4-8-15(9-13)20-2/h3-10,16,19H,11H2,1-2H3. The second kappa shape index (κ2) is 6.90. The highest BCUT2D eigenvalue weighted by molar-refractivity contribution is 5.80. The minimum Gasteiger partial charge on any atom is -0.497 e. The molecular formula is C17H18O4. The first-order chi connectivity index (χ1) is 10.2. The summed E-state index contributed by atoms with van der Waals surface area (Å²) >= 11 is 0. The molecular weight excluding hydrogens is 268 g/mol. The highest BCUT2D eigenvalue weighted by Gasteiger charge is 2.12. The molecule has 1 atom stereocenters. The molecule has 0 saturated carbocycles. The monoisotopic (exact) mass is 286 g/mol. The van der Waals surface area contributed by atoms with E-state index in [1.807, 2.05) is 25.1 Å². The van der Waals surface area contributed by atoms with Crippen molar-refractivity contribution in [1.29, 1.82) is 0 Å². The molecule has 1 N–H and O–H groups in total. The lowest BCUT2D eigenvalue weighted by molar-refractivity contribution is 0.104. The zero-order chi connectivity index (χ0) is 15.2. The summed E-state index contributed by atoms with van der Waals surface area (Å²) in [7, 11) is 1.58. The number of carbonyl (C=O) groups excluding carboxylic acids is 1. The van der Waals surface area contributed by atoms with E-state index in [-0.39, 0.29) is 6.61 Å². The summed E-state index contributed by atoms with van der Waals surface area (Å²) in [6, 6.07) is 12.5. The van der Waals surface area contributed by atoms with Gasteiger partial charge in [0, 0.05) is 0 Å². The molecule has 0 radical (unpaired) electrons. The third kappa shape index (κ3) is 3.61. The largest absolute Gasteiger partial charge is 0.497 e. The van der Waals surface area contributed by atoms with Crippen LogP contribution in [0.3, 0.4) is 0 Å². The number of aliphatic hydroxyl groups is 1. The summed E-state index contributed by atoms with van der Waals surface area (Å²) < 4.78 is 10.8. The summed E-state index contributed by atoms with van der Waals surface area (Å²) in [4.78, 5) is 11.0. The molecule has 4 nitrogen and oxygen atoms in total. The van der Waals surface area contributed by atoms with Gasteiger partial charge in [-0.2, -0.15) is 0 Å². The van der Waals surface area contributed by atoms with Gasteiger partial charge in [-0.3, -0.25) is 4.79 Å². The molecule has 21 heavy (non-hydrogen) atoms. The van der Waals surface area contributed by atoms with Gasteiger partial charge in [0.05, 0.1) is 12.7 Å². The number of benzene rings is 2. The number of aliphatic hydroxyl groups excluding tert-OH is 1. The zero-order valence-corrected chi connectivity index (χ0v) is 12.1. The van der Waals surface area contributed by atoms with E-state index in [4.69, 9.17) is 9.47 Å². The molecule has 1 unspecified atom stereocenters. The Morgan fingerprint density at radius 3 is 2.71 bits per heavy atom. The van der Waals surface area contributed by atoms with Crippen LogP contribution >= 0.6 is 0 Å². The zero-order valence-electron chi connectivity index (χ0n) is 12.1. The summed E-state index contributed by atoms with van der Waals surface area (Å²) in [5.74, 6) is 1.19. The van der Waals surface area contributed by atoms with Gasteiger partial charge in [0.2, 0.25) is 0 Å². The highest BCUT2D eigenvalue weighted by Crippen LogP contribution is 2.24. The minimum absolute atomic E-state index is 0.0683. The molecule has 0 saturated heterocycles. The molecule has 0 aliphatic rings. The van der Waals surface area contributed by atoms with Crippen molar-refractivity contribution in [1.82, 2.24) is 0 Å². The number of para-hydroxylation sites is 1. The Balaban J connectivity index is 2.10. The van der Waals surface area contributed by atoms with Crippen LogP contribution in [0.4, 0.5) is 0 Å². The van der Waals surface area contributed by atoms with Crippen molar-refractivity contribution in [3.8, 4) is 11.5 Å². The molecule has 2 aromatic carbocycles. The number of aldehydes is 1. The van der Waals surface area contributed by atoms with Gasteiger partial charge in [0.15, 0.2) is 6.29 Å². The molecule has 0 fully saturated rings. The third-order valence-electron chi connectivity index (χ3n) is 3.23. The van der Waals surface area contributed by atoms with Crippen LogP contribution in [0, 0.1) is 6.92 Å². The molecule has 0 aliphatic carbocycles. The van der Waals surface area contributed by atoms with E-state index in [9.17, 15) is 9.90 Å². The number of hydrogen-bond acceptors (Lipinski definition) is 4. The average Bonchev–Trinajstić information content (AvgIpc) is 2.53. The fraction of sp³-hybridized carbons (Fsp3) is 0.235. The van der Waals surface area contributed by atoms with Crippen LogP contribution < -0.4 is 9.47 Å². The minimum atomic E-state index is -0.792. The number of rotatable bonds is 6. The molecule has 2 aromatic rings. The van der Waals surface area contributed by atoms with Gasteiger partial charge >= 0.3 is 0 Å². The van der Waals surface area contributed by atoms with Gasteiger partial charge in [0.25, 0.3) is 0 Å². The number of aryl methyl sites for hydroxylation is 1. The SMILES string of the molecule is COc1cccc(C(O)COc2c(C)cccc2C=O)c1. The Labute approximate surface area is 123 Å². The van der Waals surface area contributed by atoms with E-state index >= 15 is 0 Å². The molecule has 0 spiro atoms. The van der Waals surface area contributed by atoms with Crippen molar-refractivity contribution in [3.63, 3.8) is 0 Å². The lowest BCUT2D eigenvalue weighted by Crippen LogP contribution is -2.11. The maximum atomic E-state index is 11.0. The Hall–Kier alpha value is -2.33. The molecule has 0 heterocycles. The first-order valence-electron chi connectivity index (χ1n) is 6.65. The average molecular weight is 286 g/mol. The van der Waals surface area contributed by atoms with Crippen molar-refractivity contribution in [2.75, 3.05) is 13.7 Å². The van der Waals surface area contributed by atoms with E-state index in [1.54, 1.807) is 31.4 Å². The number of hydrogen-bond donors (Lipinski definition) is 1. The fourth-order valence-corrected chi connectivity index (χ4v) is 2.07. The predicted octanol–water partition coefficient (Wildman–Crippen LogP) is 2.93. The van der Waals surface area contributed by atoms with Gasteiger partial charge in [-0.25, -0.2) is 0 Å². The Bertz CT molecular complexity index is 622. The van der Waals surface area contributed by atoms with Gasteiger partial charge < -0.3 is 14.6 Å². The Morgan fingerprint density at radius 2 is 2.00 bits per heavy atom. The normalized spacial score (nSPS) is 11.8. The lowest BCUT2D eigenvalue weighted by atomic mass is 10.1. The molecule has 0 aliphatic heterocycles. The number of ether oxygens (including phenoxy) is 2. The van der Waals surface area contributed by atoms with Gasteiger partial charge in [-0.15, -0.1) is 0 Å². The lowest BCUT2D eigenvalue weighted by Gasteiger charge is -2.16. The van der Waals surface area contributed by atoms with Gasteiger partial charge in [-0.1, -0.05) is 24.3 Å². The second-order valence-corrected chi connectivity index (χ2v) is 4.71. The quantitative estimate of drug-likeness (QED) is 0.830. The molecule has 2 rings (SSSR count). The summed E-state index contributed by atoms with van der Waals surface area (Å²) in [6.45, 7) is 1.93. The Kier molecular flexibility index (Phi) is 4.95. The number of carbonyl (C=O) groups is 1. The van der Waals surface area contributed by atoms with E-state index in [0.29, 0.717) is 22.6 Å². The molecule has 4 heteroatoms. The molecule has 0 bridgehead atoms. The van der Waals surface area contributed by atoms with Crippen molar-refractivity contribution in [3.05, 3.63) is 59.2 Å². The second-order valence-electron chi connectivity index (χ2n) is 4.71. The van der Waals surface area contributed by atoms with E-state index in [1.165, 1.54) is 0 Å². The first kappa shape index (κ1) is 15.1. The fourth-order valence-electron chi connectivity index (χ4n) is 2.07. The maximum absolute atomic E-state index is 11.0. The van der Waals surface area contributed by atoms with Crippen LogP contribution in [0.25, 0.3) is 0 Å².